The maximum Gasteiger partial charge on any atom is 0.331 e. The van der Waals surface area contributed by atoms with Crippen LogP contribution in [0.25, 0.3) is 0 Å². The summed E-state index contributed by atoms with van der Waals surface area (Å²) in [5.41, 5.74) is 1.28. The Kier molecular flexibility index (Phi) is 3.46. The molecule has 0 radical (unpaired) electrons. The summed E-state index contributed by atoms with van der Waals surface area (Å²) >= 11 is 0. The van der Waals surface area contributed by atoms with Gasteiger partial charge in [0.15, 0.2) is 0 Å². The Morgan fingerprint density at radius 1 is 1.43 bits per heavy atom. The lowest BCUT2D eigenvalue weighted by Gasteiger charge is -2.14. The molecule has 1 rings (SSSR count). The molecule has 14 heavy (non-hydrogen) atoms. The van der Waals surface area contributed by atoms with Crippen LogP contribution in [0.5, 0.6) is 0 Å². The van der Waals surface area contributed by atoms with Crippen LogP contribution in [0.1, 0.15) is 24.8 Å². The highest BCUT2D eigenvalue weighted by Gasteiger charge is 2.17. The summed E-state index contributed by atoms with van der Waals surface area (Å²) in [5, 5.41) is 8.85. The molecular weight excluding hydrogens is 176 g/mol. The number of rotatable bonds is 4. The fraction of sp³-hybridized carbons (Fsp3) is 0.250. The van der Waals surface area contributed by atoms with Crippen molar-refractivity contribution < 1.29 is 9.90 Å². The molecule has 0 aliphatic carbocycles. The molecule has 0 aromatic heterocycles. The Morgan fingerprint density at radius 2 is 2.00 bits per heavy atom. The standard InChI is InChI=1S/C12H14O2/c1-3-11(9(2)12(13)14)10-7-5-4-6-8-10/h4-8,11H,2-3H2,1H3,(H,13,14). The van der Waals surface area contributed by atoms with Gasteiger partial charge in [-0.1, -0.05) is 43.8 Å². The summed E-state index contributed by atoms with van der Waals surface area (Å²) in [4.78, 5) is 10.8. The summed E-state index contributed by atoms with van der Waals surface area (Å²) in [7, 11) is 0. The van der Waals surface area contributed by atoms with Crippen molar-refractivity contribution in [2.24, 2.45) is 0 Å². The SMILES string of the molecule is C=C(C(=O)O)C(CC)c1ccccc1. The zero-order valence-electron chi connectivity index (χ0n) is 8.23. The first-order chi connectivity index (χ1) is 6.66. The summed E-state index contributed by atoms with van der Waals surface area (Å²) in [6, 6.07) is 9.60. The second kappa shape index (κ2) is 4.61. The van der Waals surface area contributed by atoms with Crippen LogP contribution in [0, 0.1) is 0 Å². The Morgan fingerprint density at radius 3 is 2.43 bits per heavy atom. The number of carbonyl (C=O) groups is 1. The molecule has 1 aromatic rings. The molecule has 0 saturated carbocycles. The molecule has 0 fully saturated rings. The van der Waals surface area contributed by atoms with Crippen LogP contribution in [0.15, 0.2) is 42.5 Å². The fourth-order valence-electron chi connectivity index (χ4n) is 1.52. The lowest BCUT2D eigenvalue weighted by Crippen LogP contribution is -2.09. The molecular formula is C12H14O2. The smallest absolute Gasteiger partial charge is 0.331 e. The monoisotopic (exact) mass is 190 g/mol. The van der Waals surface area contributed by atoms with Crippen LogP contribution in [-0.4, -0.2) is 11.1 Å². The summed E-state index contributed by atoms with van der Waals surface area (Å²) in [6.45, 7) is 5.57. The number of benzene rings is 1. The van der Waals surface area contributed by atoms with Crippen LogP contribution in [-0.2, 0) is 4.79 Å². The van der Waals surface area contributed by atoms with Crippen LogP contribution in [0.2, 0.25) is 0 Å². The third-order valence-electron chi connectivity index (χ3n) is 2.31. The second-order valence-corrected chi connectivity index (χ2v) is 3.20. The summed E-state index contributed by atoms with van der Waals surface area (Å²) < 4.78 is 0. The van der Waals surface area contributed by atoms with Crippen molar-refractivity contribution in [3.63, 3.8) is 0 Å². The van der Waals surface area contributed by atoms with Gasteiger partial charge in [0.05, 0.1) is 0 Å². The van der Waals surface area contributed by atoms with E-state index >= 15 is 0 Å². The van der Waals surface area contributed by atoms with E-state index in [-0.39, 0.29) is 11.5 Å². The highest BCUT2D eigenvalue weighted by Crippen LogP contribution is 2.26. The van der Waals surface area contributed by atoms with Crippen molar-refractivity contribution in [3.8, 4) is 0 Å². The van der Waals surface area contributed by atoms with Crippen LogP contribution >= 0.6 is 0 Å². The molecule has 0 aliphatic rings. The molecule has 1 unspecified atom stereocenters. The quantitative estimate of drug-likeness (QED) is 0.741. The number of hydrogen-bond acceptors (Lipinski definition) is 1. The van der Waals surface area contributed by atoms with Crippen LogP contribution in [0.4, 0.5) is 0 Å². The van der Waals surface area contributed by atoms with Gasteiger partial charge < -0.3 is 5.11 Å². The highest BCUT2D eigenvalue weighted by molar-refractivity contribution is 5.87. The van der Waals surface area contributed by atoms with E-state index in [1.807, 2.05) is 37.3 Å². The van der Waals surface area contributed by atoms with Crippen molar-refractivity contribution in [3.05, 3.63) is 48.0 Å². The lowest BCUT2D eigenvalue weighted by atomic mass is 9.90. The molecule has 0 spiro atoms. The van der Waals surface area contributed by atoms with Crippen molar-refractivity contribution in [1.82, 2.24) is 0 Å². The minimum Gasteiger partial charge on any atom is -0.478 e. The maximum atomic E-state index is 10.8. The summed E-state index contributed by atoms with van der Waals surface area (Å²) in [6.07, 6.45) is 0.759. The van der Waals surface area contributed by atoms with Gasteiger partial charge >= 0.3 is 5.97 Å². The van der Waals surface area contributed by atoms with Gasteiger partial charge in [-0.15, -0.1) is 0 Å². The molecule has 0 heterocycles. The summed E-state index contributed by atoms with van der Waals surface area (Å²) in [5.74, 6) is -0.991. The highest BCUT2D eigenvalue weighted by atomic mass is 16.4. The van der Waals surface area contributed by atoms with Gasteiger partial charge in [0.1, 0.15) is 0 Å². The van der Waals surface area contributed by atoms with Gasteiger partial charge in [-0.05, 0) is 12.0 Å². The van der Waals surface area contributed by atoms with E-state index in [9.17, 15) is 4.79 Å². The third-order valence-corrected chi connectivity index (χ3v) is 2.31. The molecule has 74 valence electrons. The van der Waals surface area contributed by atoms with Crippen LogP contribution < -0.4 is 0 Å². The molecule has 2 nitrogen and oxygen atoms in total. The van der Waals surface area contributed by atoms with Gasteiger partial charge in [-0.25, -0.2) is 4.79 Å². The Balaban J connectivity index is 2.93. The second-order valence-electron chi connectivity index (χ2n) is 3.20. The average molecular weight is 190 g/mol. The topological polar surface area (TPSA) is 37.3 Å². The molecule has 1 atom stereocenters. The molecule has 0 aliphatic heterocycles. The predicted molar refractivity (Wildman–Crippen MR) is 56.2 cm³/mol. The van der Waals surface area contributed by atoms with E-state index in [4.69, 9.17) is 5.11 Å². The predicted octanol–water partition coefficient (Wildman–Crippen LogP) is 2.82. The molecule has 1 aromatic carbocycles. The van der Waals surface area contributed by atoms with E-state index in [1.165, 1.54) is 0 Å². The number of aliphatic carboxylic acids is 1. The van der Waals surface area contributed by atoms with E-state index in [2.05, 4.69) is 6.58 Å². The number of carboxylic acid groups (broad SMARTS) is 1. The Hall–Kier alpha value is -1.57. The molecule has 2 heteroatoms. The normalized spacial score (nSPS) is 12.1. The minimum absolute atomic E-state index is 0.0753. The van der Waals surface area contributed by atoms with Crippen molar-refractivity contribution in [2.75, 3.05) is 0 Å². The molecule has 0 bridgehead atoms. The maximum absolute atomic E-state index is 10.8. The van der Waals surface area contributed by atoms with Crippen LogP contribution in [0.3, 0.4) is 0 Å². The largest absolute Gasteiger partial charge is 0.478 e. The third kappa shape index (κ3) is 2.22. The first-order valence-corrected chi connectivity index (χ1v) is 4.63. The lowest BCUT2D eigenvalue weighted by molar-refractivity contribution is -0.132. The Labute approximate surface area is 83.9 Å². The molecule has 1 N–H and O–H groups in total. The van der Waals surface area contributed by atoms with Gasteiger partial charge in [-0.2, -0.15) is 0 Å². The van der Waals surface area contributed by atoms with Gasteiger partial charge in [0.2, 0.25) is 0 Å². The zero-order valence-corrected chi connectivity index (χ0v) is 8.23. The zero-order chi connectivity index (χ0) is 10.6. The van der Waals surface area contributed by atoms with Crippen molar-refractivity contribution in [2.45, 2.75) is 19.3 Å². The van der Waals surface area contributed by atoms with Crippen molar-refractivity contribution >= 4 is 5.97 Å². The first-order valence-electron chi connectivity index (χ1n) is 4.63. The van der Waals surface area contributed by atoms with Gasteiger partial charge in [-0.3, -0.25) is 0 Å². The van der Waals surface area contributed by atoms with E-state index in [0.717, 1.165) is 12.0 Å². The number of hydrogen-bond donors (Lipinski definition) is 1. The molecule has 0 amide bonds. The first kappa shape index (κ1) is 10.5. The average Bonchev–Trinajstić information content (AvgIpc) is 2.20. The van der Waals surface area contributed by atoms with E-state index in [0.29, 0.717) is 0 Å². The molecule has 0 saturated heterocycles. The number of carboxylic acids is 1. The van der Waals surface area contributed by atoms with E-state index in [1.54, 1.807) is 0 Å². The van der Waals surface area contributed by atoms with Crippen molar-refractivity contribution in [1.29, 1.82) is 0 Å². The Bertz CT molecular complexity index is 327. The fourth-order valence-corrected chi connectivity index (χ4v) is 1.52. The van der Waals surface area contributed by atoms with E-state index < -0.39 is 5.97 Å². The minimum atomic E-state index is -0.916. The van der Waals surface area contributed by atoms with Gasteiger partial charge in [0.25, 0.3) is 0 Å². The van der Waals surface area contributed by atoms with Gasteiger partial charge in [0, 0.05) is 11.5 Å².